The zero-order chi connectivity index (χ0) is 8.81. The number of carbonyl (C=O) groups excluding carboxylic acids is 2. The highest BCUT2D eigenvalue weighted by atomic mass is 16.1. The van der Waals surface area contributed by atoms with Crippen LogP contribution in [0.25, 0.3) is 0 Å². The van der Waals surface area contributed by atoms with Crippen LogP contribution >= 0.6 is 0 Å². The first-order valence-corrected chi connectivity index (χ1v) is 3.74. The van der Waals surface area contributed by atoms with Crippen LogP contribution in [0.1, 0.15) is 0 Å². The smallest absolute Gasteiger partial charge is 0.208 e. The Morgan fingerprint density at radius 3 is 1.75 bits per heavy atom. The first-order valence-electron chi connectivity index (χ1n) is 3.74. The van der Waals surface area contributed by atoms with E-state index in [-0.39, 0.29) is 12.3 Å². The number of carbonyl (C=O) groups is 2. The maximum absolute atomic E-state index is 10.1. The van der Waals surface area contributed by atoms with Gasteiger partial charge in [0.25, 0.3) is 0 Å². The second-order valence-electron chi connectivity index (χ2n) is 2.43. The number of piperazine rings is 1. The first-order chi connectivity index (χ1) is 5.88. The Labute approximate surface area is 70.1 Å². The Bertz CT molecular complexity index is 146. The molecule has 0 aromatic rings. The van der Waals surface area contributed by atoms with Crippen LogP contribution in [-0.4, -0.2) is 38.2 Å². The lowest BCUT2D eigenvalue weighted by Gasteiger charge is -2.32. The topological polar surface area (TPSA) is 82.3 Å². The van der Waals surface area contributed by atoms with Gasteiger partial charge in [0, 0.05) is 13.1 Å². The van der Waals surface area contributed by atoms with Crippen LogP contribution in [0, 0.1) is 0 Å². The zero-order valence-electron chi connectivity index (χ0n) is 6.54. The van der Waals surface area contributed by atoms with E-state index in [1.807, 2.05) is 0 Å². The van der Waals surface area contributed by atoms with Crippen LogP contribution in [0.15, 0.2) is 0 Å². The summed E-state index contributed by atoms with van der Waals surface area (Å²) >= 11 is 0. The molecule has 4 N–H and O–H groups in total. The molecule has 12 heavy (non-hydrogen) atoms. The van der Waals surface area contributed by atoms with E-state index in [1.54, 1.807) is 0 Å². The van der Waals surface area contributed by atoms with Crippen molar-refractivity contribution in [1.82, 2.24) is 21.3 Å². The van der Waals surface area contributed by atoms with E-state index in [0.29, 0.717) is 12.8 Å². The van der Waals surface area contributed by atoms with Crippen LogP contribution < -0.4 is 21.3 Å². The summed E-state index contributed by atoms with van der Waals surface area (Å²) in [5.41, 5.74) is 0. The molecule has 1 heterocycles. The van der Waals surface area contributed by atoms with Gasteiger partial charge in [-0.25, -0.2) is 0 Å². The Morgan fingerprint density at radius 1 is 1.00 bits per heavy atom. The minimum atomic E-state index is -0.235. The van der Waals surface area contributed by atoms with Crippen LogP contribution in [0.2, 0.25) is 0 Å². The third-order valence-electron chi connectivity index (χ3n) is 1.68. The monoisotopic (exact) mass is 172 g/mol. The van der Waals surface area contributed by atoms with Crippen LogP contribution in [-0.2, 0) is 9.59 Å². The normalized spacial score (nSPS) is 29.0. The summed E-state index contributed by atoms with van der Waals surface area (Å²) in [7, 11) is 0. The van der Waals surface area contributed by atoms with Gasteiger partial charge in [-0.15, -0.1) is 0 Å². The van der Waals surface area contributed by atoms with Gasteiger partial charge in [0.15, 0.2) is 0 Å². The van der Waals surface area contributed by atoms with Crippen molar-refractivity contribution in [3.8, 4) is 0 Å². The Morgan fingerprint density at radius 2 is 1.42 bits per heavy atom. The van der Waals surface area contributed by atoms with Gasteiger partial charge in [-0.3, -0.25) is 20.2 Å². The lowest BCUT2D eigenvalue weighted by atomic mass is 10.3. The largest absolute Gasteiger partial charge is 0.340 e. The first kappa shape index (κ1) is 8.95. The number of amides is 2. The van der Waals surface area contributed by atoms with Gasteiger partial charge in [0.2, 0.25) is 12.8 Å². The summed E-state index contributed by atoms with van der Waals surface area (Å²) < 4.78 is 0. The van der Waals surface area contributed by atoms with Gasteiger partial charge < -0.3 is 10.6 Å². The fraction of sp³-hybridized carbons (Fsp3) is 0.667. The highest BCUT2D eigenvalue weighted by Gasteiger charge is 2.22. The maximum Gasteiger partial charge on any atom is 0.208 e. The average Bonchev–Trinajstić information content (AvgIpc) is 2.09. The van der Waals surface area contributed by atoms with Gasteiger partial charge >= 0.3 is 0 Å². The number of nitrogens with one attached hydrogen (secondary N) is 4. The van der Waals surface area contributed by atoms with Crippen molar-refractivity contribution in [2.24, 2.45) is 0 Å². The lowest BCUT2D eigenvalue weighted by Crippen LogP contribution is -2.66. The quantitative estimate of drug-likeness (QED) is 0.348. The molecule has 1 aliphatic rings. The molecule has 6 heteroatoms. The summed E-state index contributed by atoms with van der Waals surface area (Å²) in [5.74, 6) is 0. The van der Waals surface area contributed by atoms with E-state index in [0.717, 1.165) is 13.1 Å². The van der Waals surface area contributed by atoms with E-state index in [4.69, 9.17) is 0 Å². The minimum Gasteiger partial charge on any atom is -0.340 e. The third kappa shape index (κ3) is 2.18. The molecule has 2 unspecified atom stereocenters. The molecule has 0 aliphatic carbocycles. The predicted molar refractivity (Wildman–Crippen MR) is 42.0 cm³/mol. The molecule has 1 aliphatic heterocycles. The minimum absolute atomic E-state index is 0.235. The van der Waals surface area contributed by atoms with Crippen molar-refractivity contribution in [2.45, 2.75) is 12.3 Å². The molecule has 0 aromatic carbocycles. The molecular weight excluding hydrogens is 160 g/mol. The number of hydrogen-bond donors (Lipinski definition) is 4. The Kier molecular flexibility index (Phi) is 3.49. The van der Waals surface area contributed by atoms with Gasteiger partial charge in [0.1, 0.15) is 12.3 Å². The molecule has 6 nitrogen and oxygen atoms in total. The van der Waals surface area contributed by atoms with Crippen molar-refractivity contribution < 1.29 is 9.59 Å². The van der Waals surface area contributed by atoms with E-state index in [1.165, 1.54) is 0 Å². The highest BCUT2D eigenvalue weighted by Crippen LogP contribution is 1.89. The van der Waals surface area contributed by atoms with Gasteiger partial charge in [-0.05, 0) is 0 Å². The summed E-state index contributed by atoms with van der Waals surface area (Å²) in [6.07, 6.45) is 0.733. The maximum atomic E-state index is 10.1. The van der Waals surface area contributed by atoms with Gasteiger partial charge in [-0.2, -0.15) is 0 Å². The van der Waals surface area contributed by atoms with Crippen LogP contribution in [0.4, 0.5) is 0 Å². The summed E-state index contributed by atoms with van der Waals surface area (Å²) in [6.45, 7) is 1.53. The molecule has 2 atom stereocenters. The van der Waals surface area contributed by atoms with Crippen molar-refractivity contribution in [1.29, 1.82) is 0 Å². The molecule has 0 aromatic heterocycles. The van der Waals surface area contributed by atoms with Crippen molar-refractivity contribution >= 4 is 12.8 Å². The van der Waals surface area contributed by atoms with E-state index < -0.39 is 0 Å². The van der Waals surface area contributed by atoms with E-state index >= 15 is 0 Å². The van der Waals surface area contributed by atoms with Crippen molar-refractivity contribution in [2.75, 3.05) is 13.1 Å². The van der Waals surface area contributed by atoms with Gasteiger partial charge in [-0.1, -0.05) is 0 Å². The summed E-state index contributed by atoms with van der Waals surface area (Å²) in [4.78, 5) is 20.3. The molecule has 0 spiro atoms. The van der Waals surface area contributed by atoms with E-state index in [2.05, 4.69) is 21.3 Å². The highest BCUT2D eigenvalue weighted by molar-refractivity contribution is 5.49. The number of rotatable bonds is 4. The third-order valence-corrected chi connectivity index (χ3v) is 1.68. The zero-order valence-corrected chi connectivity index (χ0v) is 6.54. The Hall–Kier alpha value is -1.14. The Balaban J connectivity index is 2.41. The number of hydrogen-bond acceptors (Lipinski definition) is 4. The lowest BCUT2D eigenvalue weighted by molar-refractivity contribution is -0.113. The fourth-order valence-corrected chi connectivity index (χ4v) is 1.15. The molecule has 0 saturated carbocycles. The molecule has 0 bridgehead atoms. The molecule has 0 radical (unpaired) electrons. The van der Waals surface area contributed by atoms with Crippen molar-refractivity contribution in [3.63, 3.8) is 0 Å². The van der Waals surface area contributed by atoms with E-state index in [9.17, 15) is 9.59 Å². The second-order valence-corrected chi connectivity index (χ2v) is 2.43. The fourth-order valence-electron chi connectivity index (χ4n) is 1.15. The molecule has 1 saturated heterocycles. The molecular formula is C6H12N4O2. The second kappa shape index (κ2) is 4.68. The summed E-state index contributed by atoms with van der Waals surface area (Å²) in [6, 6.07) is 0. The van der Waals surface area contributed by atoms with Crippen molar-refractivity contribution in [3.05, 3.63) is 0 Å². The van der Waals surface area contributed by atoms with Crippen LogP contribution in [0.5, 0.6) is 0 Å². The summed E-state index contributed by atoms with van der Waals surface area (Å²) in [5, 5.41) is 11.1. The molecule has 1 fully saturated rings. The average molecular weight is 172 g/mol. The molecule has 2 amide bonds. The predicted octanol–water partition coefficient (Wildman–Crippen LogP) is -2.68. The SMILES string of the molecule is O=CNC1NCCNC1NC=O. The molecule has 68 valence electrons. The standard InChI is InChI=1S/C6H12N4O2/c11-3-9-5-6(10-4-12)8-2-1-7-5/h3-8H,1-2H2,(H,9,11)(H,10,12). The van der Waals surface area contributed by atoms with Gasteiger partial charge in [0.05, 0.1) is 0 Å². The van der Waals surface area contributed by atoms with Crippen LogP contribution in [0.3, 0.4) is 0 Å². The molecule has 1 rings (SSSR count).